The molecule has 3 aromatic rings. The summed E-state index contributed by atoms with van der Waals surface area (Å²) in [6, 6.07) is 5.36. The zero-order valence-electron chi connectivity index (χ0n) is 19.8. The highest BCUT2D eigenvalue weighted by Gasteiger charge is 2.29. The number of aromatic nitrogens is 6. The second-order valence-electron chi connectivity index (χ2n) is 9.03. The predicted molar refractivity (Wildman–Crippen MR) is 123 cm³/mol. The molecule has 184 valence electrons. The van der Waals surface area contributed by atoms with Crippen LogP contribution in [-0.2, 0) is 18.4 Å². The molecule has 2 aliphatic carbocycles. The second kappa shape index (κ2) is 9.85. The molecule has 3 aromatic heterocycles. The highest BCUT2D eigenvalue weighted by atomic mass is 16.5. The van der Waals surface area contributed by atoms with Gasteiger partial charge in [0.05, 0.1) is 29.5 Å². The molecule has 0 radical (unpaired) electrons. The number of hydrogen-bond donors (Lipinski definition) is 1. The van der Waals surface area contributed by atoms with Crippen molar-refractivity contribution in [2.24, 2.45) is 13.0 Å². The van der Waals surface area contributed by atoms with Gasteiger partial charge in [0.25, 0.3) is 0 Å². The fraction of sp³-hybridized carbons (Fsp3) is 0.500. The Kier molecular flexibility index (Phi) is 6.47. The molecule has 2 atom stereocenters. The third-order valence-electron chi connectivity index (χ3n) is 6.28. The molecular formula is C24H28N6O5. The second-order valence-corrected chi connectivity index (χ2v) is 9.03. The summed E-state index contributed by atoms with van der Waals surface area (Å²) in [4.78, 5) is 24.3. The molecule has 0 unspecified atom stereocenters. The van der Waals surface area contributed by atoms with E-state index in [2.05, 4.69) is 25.3 Å². The number of ether oxygens (including phenoxy) is 3. The average molecular weight is 481 g/mol. The first kappa shape index (κ1) is 23.0. The van der Waals surface area contributed by atoms with Gasteiger partial charge in [0.1, 0.15) is 36.2 Å². The third-order valence-corrected chi connectivity index (χ3v) is 6.28. The molecule has 0 bridgehead atoms. The van der Waals surface area contributed by atoms with Crippen LogP contribution in [0.15, 0.2) is 24.5 Å². The van der Waals surface area contributed by atoms with Crippen LogP contribution in [0.25, 0.3) is 11.4 Å². The number of hydrogen-bond acceptors (Lipinski definition) is 9. The lowest BCUT2D eigenvalue weighted by molar-refractivity contribution is -0.143. The number of carboxylic acids is 1. The Morgan fingerprint density at radius 3 is 2.71 bits per heavy atom. The van der Waals surface area contributed by atoms with E-state index in [-0.39, 0.29) is 24.7 Å². The number of aliphatic carboxylic acids is 1. The topological polar surface area (TPSA) is 134 Å². The van der Waals surface area contributed by atoms with E-state index in [1.165, 1.54) is 6.33 Å². The molecule has 5 rings (SSSR count). The molecule has 11 nitrogen and oxygen atoms in total. The normalized spacial score (nSPS) is 19.8. The summed E-state index contributed by atoms with van der Waals surface area (Å²) in [6.45, 7) is 2.06. The van der Waals surface area contributed by atoms with Crippen LogP contribution in [-0.4, -0.2) is 53.2 Å². The fourth-order valence-corrected chi connectivity index (χ4v) is 4.16. The van der Waals surface area contributed by atoms with Gasteiger partial charge in [-0.1, -0.05) is 5.21 Å². The van der Waals surface area contributed by atoms with Gasteiger partial charge in [-0.05, 0) is 57.6 Å². The van der Waals surface area contributed by atoms with Gasteiger partial charge in [-0.2, -0.15) is 0 Å². The highest BCUT2D eigenvalue weighted by Crippen LogP contribution is 2.31. The van der Waals surface area contributed by atoms with Crippen molar-refractivity contribution in [3.63, 3.8) is 0 Å². The van der Waals surface area contributed by atoms with Crippen LogP contribution in [0.3, 0.4) is 0 Å². The van der Waals surface area contributed by atoms with Crippen molar-refractivity contribution < 1.29 is 24.1 Å². The molecule has 1 N–H and O–H groups in total. The number of carbonyl (C=O) groups is 1. The molecule has 0 saturated heterocycles. The Balaban J connectivity index is 1.27. The lowest BCUT2D eigenvalue weighted by Crippen LogP contribution is -2.29. The van der Waals surface area contributed by atoms with E-state index < -0.39 is 5.97 Å². The van der Waals surface area contributed by atoms with Crippen molar-refractivity contribution in [1.29, 1.82) is 0 Å². The molecule has 2 saturated carbocycles. The van der Waals surface area contributed by atoms with Gasteiger partial charge in [-0.15, -0.1) is 5.10 Å². The smallest absolute Gasteiger partial charge is 0.306 e. The minimum Gasteiger partial charge on any atom is -0.489 e. The molecule has 2 fully saturated rings. The van der Waals surface area contributed by atoms with Gasteiger partial charge in [0, 0.05) is 7.05 Å². The van der Waals surface area contributed by atoms with Crippen molar-refractivity contribution in [2.45, 2.75) is 64.3 Å². The Labute approximate surface area is 202 Å². The van der Waals surface area contributed by atoms with Gasteiger partial charge >= 0.3 is 5.97 Å². The van der Waals surface area contributed by atoms with Crippen molar-refractivity contribution >= 4 is 5.97 Å². The summed E-state index contributed by atoms with van der Waals surface area (Å²) in [5, 5.41) is 17.8. The van der Waals surface area contributed by atoms with Crippen molar-refractivity contribution in [3.8, 4) is 28.9 Å². The zero-order chi connectivity index (χ0) is 24.4. The van der Waals surface area contributed by atoms with Gasteiger partial charge in [0.15, 0.2) is 0 Å². The summed E-state index contributed by atoms with van der Waals surface area (Å²) in [5.41, 5.74) is 2.70. The van der Waals surface area contributed by atoms with Gasteiger partial charge < -0.3 is 19.3 Å². The molecule has 3 heterocycles. The predicted octanol–water partition coefficient (Wildman–Crippen LogP) is 3.12. The van der Waals surface area contributed by atoms with E-state index in [9.17, 15) is 9.90 Å². The SMILES string of the molecule is Cc1nc(-c2nnn(C)c2COc2cc(OC3CC3)ncn2)ccc1O[C@H]1CCC[C@H](C(=O)O)C1. The summed E-state index contributed by atoms with van der Waals surface area (Å²) in [7, 11) is 1.79. The number of aryl methyl sites for hydroxylation is 2. The minimum atomic E-state index is -0.755. The molecule has 0 amide bonds. The quantitative estimate of drug-likeness (QED) is 0.487. The maximum Gasteiger partial charge on any atom is 0.306 e. The molecule has 2 aliphatic rings. The number of pyridine rings is 1. The standard InChI is InChI=1S/C24H28N6O5/c1-14-20(34-17-5-3-4-15(10-17)24(31)32)9-8-18(27-14)23-19(30(2)29-28-23)12-33-21-11-22(26-13-25-21)35-16-6-7-16/h8-9,11,13,15-17H,3-7,10,12H2,1-2H3,(H,31,32)/t15-,17-/m0/s1. The van der Waals surface area contributed by atoms with Crippen molar-refractivity contribution in [1.82, 2.24) is 29.9 Å². The van der Waals surface area contributed by atoms with E-state index in [0.717, 1.165) is 31.4 Å². The minimum absolute atomic E-state index is 0.127. The number of rotatable bonds is 9. The molecule has 35 heavy (non-hydrogen) atoms. The Hall–Kier alpha value is -3.76. The molecule has 0 spiro atoms. The molecule has 0 aliphatic heterocycles. The maximum absolute atomic E-state index is 11.4. The summed E-state index contributed by atoms with van der Waals surface area (Å²) < 4.78 is 19.4. The first-order valence-electron chi connectivity index (χ1n) is 11.8. The van der Waals surface area contributed by atoms with Gasteiger partial charge in [0.2, 0.25) is 11.8 Å². The van der Waals surface area contributed by atoms with Gasteiger partial charge in [-0.3, -0.25) is 4.79 Å². The Bertz CT molecular complexity index is 1210. The lowest BCUT2D eigenvalue weighted by Gasteiger charge is -2.27. The van der Waals surface area contributed by atoms with Crippen molar-refractivity contribution in [3.05, 3.63) is 35.9 Å². The Morgan fingerprint density at radius 2 is 1.94 bits per heavy atom. The maximum atomic E-state index is 11.4. The summed E-state index contributed by atoms with van der Waals surface area (Å²) in [5.74, 6) is 0.448. The van der Waals surface area contributed by atoms with Crippen LogP contribution in [0, 0.1) is 12.8 Å². The highest BCUT2D eigenvalue weighted by molar-refractivity contribution is 5.70. The fourth-order valence-electron chi connectivity index (χ4n) is 4.16. The molecule has 11 heteroatoms. The molecular weight excluding hydrogens is 452 g/mol. The van der Waals surface area contributed by atoms with Crippen LogP contribution < -0.4 is 14.2 Å². The van der Waals surface area contributed by atoms with Crippen LogP contribution in [0.4, 0.5) is 0 Å². The van der Waals surface area contributed by atoms with E-state index in [1.807, 2.05) is 19.1 Å². The van der Waals surface area contributed by atoms with Crippen LogP contribution in [0.2, 0.25) is 0 Å². The molecule has 0 aromatic carbocycles. The lowest BCUT2D eigenvalue weighted by atomic mass is 9.87. The average Bonchev–Trinajstić information content (AvgIpc) is 3.59. The first-order chi connectivity index (χ1) is 17.0. The third kappa shape index (κ3) is 5.50. The van der Waals surface area contributed by atoms with Crippen molar-refractivity contribution in [2.75, 3.05) is 0 Å². The zero-order valence-corrected chi connectivity index (χ0v) is 19.8. The first-order valence-corrected chi connectivity index (χ1v) is 11.8. The van der Waals surface area contributed by atoms with Crippen LogP contribution in [0.5, 0.6) is 17.5 Å². The summed E-state index contributed by atoms with van der Waals surface area (Å²) in [6.07, 6.45) is 6.52. The van der Waals surface area contributed by atoms with E-state index in [4.69, 9.17) is 14.2 Å². The van der Waals surface area contributed by atoms with Crippen LogP contribution in [0.1, 0.15) is 49.9 Å². The monoisotopic (exact) mass is 480 g/mol. The number of nitrogens with zero attached hydrogens (tertiary/aromatic N) is 6. The number of carboxylic acid groups (broad SMARTS) is 1. The van der Waals surface area contributed by atoms with Crippen LogP contribution >= 0.6 is 0 Å². The largest absolute Gasteiger partial charge is 0.489 e. The van der Waals surface area contributed by atoms with E-state index in [0.29, 0.717) is 47.4 Å². The summed E-state index contributed by atoms with van der Waals surface area (Å²) >= 11 is 0. The van der Waals surface area contributed by atoms with Gasteiger partial charge in [-0.25, -0.2) is 19.6 Å². The van der Waals surface area contributed by atoms with E-state index in [1.54, 1.807) is 17.8 Å². The Morgan fingerprint density at radius 1 is 1.11 bits per heavy atom. The van der Waals surface area contributed by atoms with E-state index >= 15 is 0 Å².